The molecule has 0 fully saturated rings. The number of hydrogen-bond acceptors (Lipinski definition) is 3. The molecule has 0 amide bonds. The number of aryl methyl sites for hydroxylation is 1. The zero-order valence-electron chi connectivity index (χ0n) is 9.94. The molecule has 90 valence electrons. The predicted octanol–water partition coefficient (Wildman–Crippen LogP) is 2.04. The van der Waals surface area contributed by atoms with Crippen LogP contribution in [0.15, 0.2) is 24.3 Å². The zero-order chi connectivity index (χ0) is 12.3. The van der Waals surface area contributed by atoms with E-state index in [1.54, 1.807) is 0 Å². The summed E-state index contributed by atoms with van der Waals surface area (Å²) in [5, 5.41) is 0. The van der Waals surface area contributed by atoms with E-state index in [9.17, 15) is 9.59 Å². The Morgan fingerprint density at radius 2 is 2.18 bits per heavy atom. The van der Waals surface area contributed by atoms with E-state index in [-0.39, 0.29) is 18.2 Å². The first kappa shape index (κ1) is 12.0. The molecule has 1 aliphatic rings. The second-order valence-electron chi connectivity index (χ2n) is 4.37. The monoisotopic (exact) mass is 232 g/mol. The molecule has 0 saturated heterocycles. The molecule has 0 N–H and O–H groups in total. The van der Waals surface area contributed by atoms with E-state index in [2.05, 4.69) is 0 Å². The van der Waals surface area contributed by atoms with Crippen LogP contribution in [0.2, 0.25) is 0 Å². The Bertz CT molecular complexity index is 437. The van der Waals surface area contributed by atoms with Crippen LogP contribution in [0.3, 0.4) is 0 Å². The van der Waals surface area contributed by atoms with Crippen molar-refractivity contribution < 1.29 is 14.3 Å². The lowest BCUT2D eigenvalue weighted by Crippen LogP contribution is -2.26. The van der Waals surface area contributed by atoms with Crippen LogP contribution in [0.1, 0.15) is 28.8 Å². The van der Waals surface area contributed by atoms with E-state index < -0.39 is 5.92 Å². The lowest BCUT2D eigenvalue weighted by molar-refractivity contribution is -0.125. The Balaban J connectivity index is 2.29. The summed E-state index contributed by atoms with van der Waals surface area (Å²) in [6.07, 6.45) is 2.39. The highest BCUT2D eigenvalue weighted by molar-refractivity contribution is 6.11. The van der Waals surface area contributed by atoms with Gasteiger partial charge < -0.3 is 4.74 Å². The Kier molecular flexibility index (Phi) is 3.69. The number of methoxy groups -OCH3 is 1. The minimum Gasteiger partial charge on any atom is -0.377 e. The van der Waals surface area contributed by atoms with Gasteiger partial charge in [0.05, 0.1) is 5.92 Å². The van der Waals surface area contributed by atoms with Gasteiger partial charge in [-0.3, -0.25) is 9.59 Å². The van der Waals surface area contributed by atoms with Gasteiger partial charge in [-0.15, -0.1) is 0 Å². The maximum atomic E-state index is 12.3. The van der Waals surface area contributed by atoms with Crippen molar-refractivity contribution in [2.24, 2.45) is 5.92 Å². The van der Waals surface area contributed by atoms with Crippen LogP contribution in [-0.2, 0) is 16.0 Å². The Labute approximate surface area is 101 Å². The lowest BCUT2D eigenvalue weighted by atomic mass is 9.92. The van der Waals surface area contributed by atoms with E-state index in [1.807, 2.05) is 24.3 Å². The van der Waals surface area contributed by atoms with Gasteiger partial charge in [-0.1, -0.05) is 24.3 Å². The van der Waals surface area contributed by atoms with Crippen LogP contribution in [-0.4, -0.2) is 25.3 Å². The minimum absolute atomic E-state index is 0.0264. The molecule has 0 saturated carbocycles. The summed E-state index contributed by atoms with van der Waals surface area (Å²) in [6.45, 7) is 0.0264. The Hall–Kier alpha value is -1.48. The summed E-state index contributed by atoms with van der Waals surface area (Å²) in [5.74, 6) is -0.659. The fourth-order valence-corrected chi connectivity index (χ4v) is 2.34. The third kappa shape index (κ3) is 2.44. The fraction of sp³-hybridized carbons (Fsp3) is 0.429. The smallest absolute Gasteiger partial charge is 0.173 e. The molecule has 0 bridgehead atoms. The number of rotatable bonds is 3. The molecule has 0 radical (unpaired) electrons. The summed E-state index contributed by atoms with van der Waals surface area (Å²) in [7, 11) is 1.48. The molecule has 0 aliphatic heterocycles. The summed E-state index contributed by atoms with van der Waals surface area (Å²) < 4.78 is 4.83. The number of Topliss-reactive ketones (excluding diaryl/α,β-unsaturated/α-hetero) is 2. The lowest BCUT2D eigenvalue weighted by Gasteiger charge is -2.11. The summed E-state index contributed by atoms with van der Waals surface area (Å²) >= 11 is 0. The number of fused-ring (bicyclic) bond motifs is 1. The molecule has 0 aromatic heterocycles. The molecule has 1 aromatic carbocycles. The van der Waals surface area contributed by atoms with Crippen LogP contribution >= 0.6 is 0 Å². The van der Waals surface area contributed by atoms with Gasteiger partial charge in [0.25, 0.3) is 0 Å². The standard InChI is InChI=1S/C14H16O3/c1-17-9-13(15)12-8-4-6-10-5-2-3-7-11(10)14(12)16/h2-3,5,7,12H,4,6,8-9H2,1H3. The first-order chi connectivity index (χ1) is 8.24. The minimum atomic E-state index is -0.515. The third-order valence-electron chi connectivity index (χ3n) is 3.21. The van der Waals surface area contributed by atoms with Crippen molar-refractivity contribution >= 4 is 11.6 Å². The number of ketones is 2. The molecular formula is C14H16O3. The van der Waals surface area contributed by atoms with Gasteiger partial charge in [0.15, 0.2) is 11.6 Å². The normalized spacial score (nSPS) is 19.6. The molecule has 1 aliphatic carbocycles. The maximum absolute atomic E-state index is 12.3. The number of carbonyl (C=O) groups excluding carboxylic acids is 2. The Morgan fingerprint density at radius 1 is 1.41 bits per heavy atom. The van der Waals surface area contributed by atoms with E-state index in [0.717, 1.165) is 18.4 Å². The van der Waals surface area contributed by atoms with E-state index in [1.165, 1.54) is 7.11 Å². The van der Waals surface area contributed by atoms with Crippen molar-refractivity contribution in [2.45, 2.75) is 19.3 Å². The largest absolute Gasteiger partial charge is 0.377 e. The van der Waals surface area contributed by atoms with Crippen LogP contribution in [0, 0.1) is 5.92 Å². The van der Waals surface area contributed by atoms with Gasteiger partial charge in [0, 0.05) is 12.7 Å². The summed E-state index contributed by atoms with van der Waals surface area (Å²) in [5.41, 5.74) is 1.77. The zero-order valence-corrected chi connectivity index (χ0v) is 9.94. The van der Waals surface area contributed by atoms with Gasteiger partial charge in [-0.2, -0.15) is 0 Å². The van der Waals surface area contributed by atoms with E-state index >= 15 is 0 Å². The highest BCUT2D eigenvalue weighted by atomic mass is 16.5. The molecular weight excluding hydrogens is 216 g/mol. The van der Waals surface area contributed by atoms with Gasteiger partial charge >= 0.3 is 0 Å². The summed E-state index contributed by atoms with van der Waals surface area (Å²) in [6, 6.07) is 7.57. The maximum Gasteiger partial charge on any atom is 0.173 e. The van der Waals surface area contributed by atoms with E-state index in [4.69, 9.17) is 4.74 Å². The van der Waals surface area contributed by atoms with Gasteiger partial charge in [-0.05, 0) is 24.8 Å². The molecule has 3 nitrogen and oxygen atoms in total. The van der Waals surface area contributed by atoms with E-state index in [0.29, 0.717) is 12.0 Å². The molecule has 1 aromatic rings. The van der Waals surface area contributed by atoms with Crippen LogP contribution in [0.25, 0.3) is 0 Å². The summed E-state index contributed by atoms with van der Waals surface area (Å²) in [4.78, 5) is 24.1. The topological polar surface area (TPSA) is 43.4 Å². The van der Waals surface area contributed by atoms with Crippen molar-refractivity contribution in [2.75, 3.05) is 13.7 Å². The average Bonchev–Trinajstić information content (AvgIpc) is 2.50. The molecule has 0 spiro atoms. The second-order valence-corrected chi connectivity index (χ2v) is 4.37. The van der Waals surface area contributed by atoms with Gasteiger partial charge in [0.2, 0.25) is 0 Å². The van der Waals surface area contributed by atoms with Crippen molar-refractivity contribution in [3.05, 3.63) is 35.4 Å². The van der Waals surface area contributed by atoms with Crippen molar-refractivity contribution in [1.82, 2.24) is 0 Å². The van der Waals surface area contributed by atoms with Crippen LogP contribution < -0.4 is 0 Å². The molecule has 1 unspecified atom stereocenters. The van der Waals surface area contributed by atoms with Gasteiger partial charge in [-0.25, -0.2) is 0 Å². The molecule has 2 rings (SSSR count). The first-order valence-corrected chi connectivity index (χ1v) is 5.88. The average molecular weight is 232 g/mol. The van der Waals surface area contributed by atoms with Crippen LogP contribution in [0.4, 0.5) is 0 Å². The highest BCUT2D eigenvalue weighted by Crippen LogP contribution is 2.25. The third-order valence-corrected chi connectivity index (χ3v) is 3.21. The molecule has 3 heteroatoms. The highest BCUT2D eigenvalue weighted by Gasteiger charge is 2.30. The van der Waals surface area contributed by atoms with Crippen LogP contribution in [0.5, 0.6) is 0 Å². The first-order valence-electron chi connectivity index (χ1n) is 5.88. The predicted molar refractivity (Wildman–Crippen MR) is 64.1 cm³/mol. The second kappa shape index (κ2) is 5.23. The quantitative estimate of drug-likeness (QED) is 0.591. The van der Waals surface area contributed by atoms with Crippen molar-refractivity contribution in [3.8, 4) is 0 Å². The molecule has 1 atom stereocenters. The SMILES string of the molecule is COCC(=O)C1CCCc2ccccc2C1=O. The number of carbonyl (C=O) groups is 2. The Morgan fingerprint density at radius 3 is 2.94 bits per heavy atom. The van der Waals surface area contributed by atoms with Crippen molar-refractivity contribution in [1.29, 1.82) is 0 Å². The van der Waals surface area contributed by atoms with Crippen molar-refractivity contribution in [3.63, 3.8) is 0 Å². The fourth-order valence-electron chi connectivity index (χ4n) is 2.34. The van der Waals surface area contributed by atoms with Gasteiger partial charge in [0.1, 0.15) is 6.61 Å². The number of hydrogen-bond donors (Lipinski definition) is 0. The molecule has 17 heavy (non-hydrogen) atoms. The number of ether oxygens (including phenoxy) is 1. The molecule has 0 heterocycles. The number of benzene rings is 1.